The zero-order chi connectivity index (χ0) is 13.6. The van der Waals surface area contributed by atoms with Gasteiger partial charge in [0.2, 0.25) is 0 Å². The number of hydrogen-bond acceptors (Lipinski definition) is 1. The molecule has 1 atom stereocenters. The van der Waals surface area contributed by atoms with Crippen LogP contribution in [0.1, 0.15) is 44.2 Å². The largest absolute Gasteiger partial charge is 0.461 e. The van der Waals surface area contributed by atoms with E-state index in [2.05, 4.69) is 39.0 Å². The molecule has 100 valence electrons. The van der Waals surface area contributed by atoms with Gasteiger partial charge in [0.1, 0.15) is 11.5 Å². The number of allylic oxidation sites excluding steroid dienone is 4. The van der Waals surface area contributed by atoms with Gasteiger partial charge in [-0.1, -0.05) is 50.6 Å². The van der Waals surface area contributed by atoms with Crippen LogP contribution in [0.3, 0.4) is 0 Å². The van der Waals surface area contributed by atoms with Crippen molar-refractivity contribution in [1.29, 1.82) is 0 Å². The summed E-state index contributed by atoms with van der Waals surface area (Å²) in [7, 11) is 0. The van der Waals surface area contributed by atoms with Crippen LogP contribution in [0.5, 0.6) is 5.75 Å². The van der Waals surface area contributed by atoms with Crippen LogP contribution in [0.15, 0.2) is 41.1 Å². The van der Waals surface area contributed by atoms with E-state index in [9.17, 15) is 0 Å². The van der Waals surface area contributed by atoms with Gasteiger partial charge in [0.25, 0.3) is 0 Å². The van der Waals surface area contributed by atoms with E-state index >= 15 is 0 Å². The molecule has 1 nitrogen and oxygen atoms in total. The predicted molar refractivity (Wildman–Crippen MR) is 79.6 cm³/mol. The van der Waals surface area contributed by atoms with Crippen LogP contribution < -0.4 is 4.74 Å². The van der Waals surface area contributed by atoms with Crippen LogP contribution in [-0.4, -0.2) is 0 Å². The average Bonchev–Trinajstić information content (AvgIpc) is 2.34. The normalized spacial score (nSPS) is 25.1. The topological polar surface area (TPSA) is 9.23 Å². The molecule has 3 rings (SSSR count). The Morgan fingerprint density at radius 2 is 2.00 bits per heavy atom. The fraction of sp³-hybridized carbons (Fsp3) is 0.412. The number of para-hydroxylation sites is 1. The summed E-state index contributed by atoms with van der Waals surface area (Å²) in [6, 6.07) is 6.48. The van der Waals surface area contributed by atoms with Crippen LogP contribution in [0.4, 0.5) is 0 Å². The summed E-state index contributed by atoms with van der Waals surface area (Å²) in [5.41, 5.74) is 2.60. The zero-order valence-electron chi connectivity index (χ0n) is 11.7. The minimum Gasteiger partial charge on any atom is -0.461 e. The quantitative estimate of drug-likeness (QED) is 0.687. The van der Waals surface area contributed by atoms with Gasteiger partial charge < -0.3 is 4.74 Å². The van der Waals surface area contributed by atoms with Crippen molar-refractivity contribution in [3.05, 3.63) is 52.3 Å². The van der Waals surface area contributed by atoms with Gasteiger partial charge in [-0.25, -0.2) is 0 Å². The minimum absolute atomic E-state index is 0.00837. The number of ether oxygens (including phenoxy) is 1. The summed E-state index contributed by atoms with van der Waals surface area (Å²) in [4.78, 5) is 0. The molecule has 1 heterocycles. The molecule has 0 saturated carbocycles. The van der Waals surface area contributed by atoms with Gasteiger partial charge in [-0.3, -0.25) is 0 Å². The second-order valence-electron chi connectivity index (χ2n) is 6.15. The first-order valence-corrected chi connectivity index (χ1v) is 7.24. The molecule has 1 aliphatic carbocycles. The SMILES string of the molecule is CC(C)c1cccc2c1OC1=CC=C(Cl)CC1(C)C2. The molecule has 0 saturated heterocycles. The lowest BCUT2D eigenvalue weighted by Crippen LogP contribution is -2.32. The fourth-order valence-electron chi connectivity index (χ4n) is 3.05. The lowest BCUT2D eigenvalue weighted by molar-refractivity contribution is 0.219. The van der Waals surface area contributed by atoms with Gasteiger partial charge >= 0.3 is 0 Å². The van der Waals surface area contributed by atoms with E-state index in [0.717, 1.165) is 29.4 Å². The number of halogens is 1. The molecule has 0 amide bonds. The van der Waals surface area contributed by atoms with Crippen molar-refractivity contribution in [2.45, 2.75) is 39.5 Å². The molecular formula is C17H19ClO. The number of fused-ring (bicyclic) bond motifs is 2. The zero-order valence-corrected chi connectivity index (χ0v) is 12.4. The predicted octanol–water partition coefficient (Wildman–Crippen LogP) is 5.16. The second-order valence-corrected chi connectivity index (χ2v) is 6.64. The molecule has 0 aromatic heterocycles. The average molecular weight is 275 g/mol. The van der Waals surface area contributed by atoms with Gasteiger partial charge in [-0.2, -0.15) is 0 Å². The number of rotatable bonds is 1. The van der Waals surface area contributed by atoms with Gasteiger partial charge in [0.15, 0.2) is 0 Å². The molecule has 1 unspecified atom stereocenters. The van der Waals surface area contributed by atoms with Gasteiger partial charge in [0, 0.05) is 10.4 Å². The van der Waals surface area contributed by atoms with Crippen LogP contribution >= 0.6 is 11.6 Å². The fourth-order valence-corrected chi connectivity index (χ4v) is 3.40. The molecule has 19 heavy (non-hydrogen) atoms. The Labute approximate surface area is 119 Å². The molecule has 2 aliphatic rings. The lowest BCUT2D eigenvalue weighted by Gasteiger charge is -2.39. The first-order valence-electron chi connectivity index (χ1n) is 6.86. The molecule has 0 fully saturated rings. The first kappa shape index (κ1) is 12.8. The van der Waals surface area contributed by atoms with Crippen molar-refractivity contribution in [3.63, 3.8) is 0 Å². The maximum Gasteiger partial charge on any atom is 0.133 e. The van der Waals surface area contributed by atoms with Crippen molar-refractivity contribution in [3.8, 4) is 5.75 Å². The molecule has 0 radical (unpaired) electrons. The van der Waals surface area contributed by atoms with E-state index in [-0.39, 0.29) is 5.41 Å². The van der Waals surface area contributed by atoms with E-state index in [1.807, 2.05) is 12.2 Å². The highest BCUT2D eigenvalue weighted by atomic mass is 35.5. The molecule has 0 bridgehead atoms. The van der Waals surface area contributed by atoms with Crippen LogP contribution in [0.2, 0.25) is 0 Å². The van der Waals surface area contributed by atoms with Crippen LogP contribution in [0.25, 0.3) is 0 Å². The van der Waals surface area contributed by atoms with E-state index in [0.29, 0.717) is 5.92 Å². The highest BCUT2D eigenvalue weighted by molar-refractivity contribution is 6.29. The van der Waals surface area contributed by atoms with Crippen molar-refractivity contribution in [1.82, 2.24) is 0 Å². The van der Waals surface area contributed by atoms with Gasteiger partial charge in [-0.15, -0.1) is 0 Å². The maximum absolute atomic E-state index is 6.24. The monoisotopic (exact) mass is 274 g/mol. The molecule has 1 aliphatic heterocycles. The summed E-state index contributed by atoms with van der Waals surface area (Å²) in [6.07, 6.45) is 5.86. The summed E-state index contributed by atoms with van der Waals surface area (Å²) >= 11 is 6.20. The highest BCUT2D eigenvalue weighted by Gasteiger charge is 2.39. The van der Waals surface area contributed by atoms with Crippen molar-refractivity contribution >= 4 is 11.6 Å². The summed E-state index contributed by atoms with van der Waals surface area (Å²) in [6.45, 7) is 6.65. The molecule has 2 heteroatoms. The highest BCUT2D eigenvalue weighted by Crippen LogP contribution is 2.49. The van der Waals surface area contributed by atoms with Crippen molar-refractivity contribution < 1.29 is 4.74 Å². The first-order chi connectivity index (χ1) is 8.99. The van der Waals surface area contributed by atoms with Crippen molar-refractivity contribution in [2.24, 2.45) is 5.41 Å². The third kappa shape index (κ3) is 2.10. The Balaban J connectivity index is 2.09. The Morgan fingerprint density at radius 1 is 1.21 bits per heavy atom. The Bertz CT molecular complexity index is 583. The molecule has 0 spiro atoms. The number of benzene rings is 1. The van der Waals surface area contributed by atoms with Gasteiger partial charge in [-0.05, 0) is 42.0 Å². The van der Waals surface area contributed by atoms with E-state index in [1.54, 1.807) is 0 Å². The van der Waals surface area contributed by atoms with Crippen LogP contribution in [0, 0.1) is 5.41 Å². The molecule has 0 N–H and O–H groups in total. The van der Waals surface area contributed by atoms with E-state index in [1.165, 1.54) is 11.1 Å². The summed E-state index contributed by atoms with van der Waals surface area (Å²) in [5.74, 6) is 2.59. The smallest absolute Gasteiger partial charge is 0.133 e. The van der Waals surface area contributed by atoms with Crippen LogP contribution in [-0.2, 0) is 6.42 Å². The molecule has 1 aromatic carbocycles. The third-order valence-corrected chi connectivity index (χ3v) is 4.37. The van der Waals surface area contributed by atoms with Gasteiger partial charge in [0.05, 0.1) is 0 Å². The molecular weight excluding hydrogens is 256 g/mol. The Kier molecular flexibility index (Phi) is 2.98. The summed E-state index contributed by atoms with van der Waals surface area (Å²) < 4.78 is 6.24. The van der Waals surface area contributed by atoms with Crippen molar-refractivity contribution in [2.75, 3.05) is 0 Å². The maximum atomic E-state index is 6.24. The second kappa shape index (κ2) is 4.42. The lowest BCUT2D eigenvalue weighted by atomic mass is 9.74. The summed E-state index contributed by atoms with van der Waals surface area (Å²) in [5, 5.41) is 0.915. The third-order valence-electron chi connectivity index (χ3n) is 4.11. The molecule has 1 aromatic rings. The van der Waals surface area contributed by atoms with E-state index in [4.69, 9.17) is 16.3 Å². The Hall–Kier alpha value is -1.21. The van der Waals surface area contributed by atoms with E-state index < -0.39 is 0 Å². The minimum atomic E-state index is 0.00837. The number of hydrogen-bond donors (Lipinski definition) is 0. The Morgan fingerprint density at radius 3 is 2.74 bits per heavy atom. The standard InChI is InChI=1S/C17H19ClO/c1-11(2)14-6-4-5-12-9-17(3)10-13(18)7-8-15(17)19-16(12)14/h4-8,11H,9-10H2,1-3H3.